The van der Waals surface area contributed by atoms with Crippen LogP contribution in [0.15, 0.2) is 5.11 Å². The Balaban J connectivity index is 2.64. The maximum atomic E-state index is 9.32. The number of nitrogens with zero attached hydrogens (tertiary/aromatic N) is 3. The molecule has 0 radical (unpaired) electrons. The Hall–Kier alpha value is -0.890. The molecule has 8 heteroatoms. The number of aliphatic hydroxyl groups excluding tert-OH is 4. The molecule has 1 aliphatic rings. The average molecular weight is 205 g/mol. The number of aliphatic hydroxyl groups is 4. The van der Waals surface area contributed by atoms with Gasteiger partial charge in [0.15, 0.2) is 6.29 Å². The zero-order valence-electron chi connectivity index (χ0n) is 7.13. The van der Waals surface area contributed by atoms with E-state index in [1.165, 1.54) is 0 Å². The molecule has 1 fully saturated rings. The largest absolute Gasteiger partial charge is 0.388 e. The molecular weight excluding hydrogens is 194 g/mol. The van der Waals surface area contributed by atoms with Gasteiger partial charge in [-0.3, -0.25) is 0 Å². The van der Waals surface area contributed by atoms with Crippen LogP contribution in [0.2, 0.25) is 0 Å². The lowest BCUT2D eigenvalue weighted by Gasteiger charge is -2.37. The van der Waals surface area contributed by atoms with Gasteiger partial charge in [-0.2, -0.15) is 0 Å². The third-order valence-electron chi connectivity index (χ3n) is 2.01. The predicted octanol–water partition coefficient (Wildman–Crippen LogP) is -1.90. The third-order valence-corrected chi connectivity index (χ3v) is 2.01. The minimum atomic E-state index is -1.59. The summed E-state index contributed by atoms with van der Waals surface area (Å²) in [6.45, 7) is -0.224. The number of hydrogen-bond donors (Lipinski definition) is 4. The van der Waals surface area contributed by atoms with E-state index in [0.29, 0.717) is 0 Å². The lowest BCUT2D eigenvalue weighted by Crippen LogP contribution is -2.58. The molecule has 8 nitrogen and oxygen atoms in total. The molecule has 0 aromatic rings. The molecule has 0 amide bonds. The number of ether oxygens (including phenoxy) is 1. The molecule has 1 saturated heterocycles. The van der Waals surface area contributed by atoms with Gasteiger partial charge < -0.3 is 25.2 Å². The number of rotatable bonds is 2. The molecule has 4 N–H and O–H groups in total. The van der Waals surface area contributed by atoms with Crippen molar-refractivity contribution in [1.29, 1.82) is 0 Å². The molecule has 0 spiro atoms. The maximum Gasteiger partial charge on any atom is 0.183 e. The highest BCUT2D eigenvalue weighted by Crippen LogP contribution is 2.19. The van der Waals surface area contributed by atoms with Crippen LogP contribution in [-0.2, 0) is 4.74 Å². The number of azide groups is 1. The fourth-order valence-electron chi connectivity index (χ4n) is 1.20. The van der Waals surface area contributed by atoms with E-state index < -0.39 is 30.7 Å². The monoisotopic (exact) mass is 205 g/mol. The van der Waals surface area contributed by atoms with E-state index in [1.54, 1.807) is 0 Å². The molecule has 0 aromatic carbocycles. The molecule has 1 heterocycles. The molecule has 0 saturated carbocycles. The second kappa shape index (κ2) is 4.56. The van der Waals surface area contributed by atoms with Gasteiger partial charge >= 0.3 is 0 Å². The molecule has 1 aliphatic heterocycles. The van der Waals surface area contributed by atoms with Gasteiger partial charge in [0.2, 0.25) is 0 Å². The molecule has 0 bridgehead atoms. The Kier molecular flexibility index (Phi) is 3.64. The van der Waals surface area contributed by atoms with E-state index in [9.17, 15) is 10.2 Å². The second-order valence-corrected chi connectivity index (χ2v) is 2.95. The van der Waals surface area contributed by atoms with Crippen molar-refractivity contribution in [2.24, 2.45) is 5.11 Å². The number of hydrogen-bond acceptors (Lipinski definition) is 6. The highest BCUT2D eigenvalue weighted by atomic mass is 16.6. The first-order valence-corrected chi connectivity index (χ1v) is 3.96. The average Bonchev–Trinajstić information content (AvgIpc) is 2.18. The second-order valence-electron chi connectivity index (χ2n) is 2.95. The maximum absolute atomic E-state index is 9.32. The quantitative estimate of drug-likeness (QED) is 0.237. The molecule has 80 valence electrons. The van der Waals surface area contributed by atoms with E-state index in [4.69, 9.17) is 20.5 Å². The van der Waals surface area contributed by atoms with Crippen LogP contribution in [0.5, 0.6) is 0 Å². The van der Waals surface area contributed by atoms with E-state index >= 15 is 0 Å². The Labute approximate surface area is 79.0 Å². The van der Waals surface area contributed by atoms with Crippen molar-refractivity contribution in [3.05, 3.63) is 10.4 Å². The van der Waals surface area contributed by atoms with Crippen molar-refractivity contribution >= 4 is 0 Å². The van der Waals surface area contributed by atoms with E-state index in [0.717, 1.165) is 0 Å². The van der Waals surface area contributed by atoms with Crippen LogP contribution in [0.4, 0.5) is 0 Å². The fraction of sp³-hybridized carbons (Fsp3) is 1.00. The summed E-state index contributed by atoms with van der Waals surface area (Å²) in [6, 6.07) is 0. The van der Waals surface area contributed by atoms with Gasteiger partial charge in [0.25, 0.3) is 0 Å². The van der Waals surface area contributed by atoms with Gasteiger partial charge in [-0.25, -0.2) is 0 Å². The molecule has 14 heavy (non-hydrogen) atoms. The van der Waals surface area contributed by atoms with Crippen molar-refractivity contribution in [2.75, 3.05) is 6.54 Å². The van der Waals surface area contributed by atoms with Crippen molar-refractivity contribution in [3.63, 3.8) is 0 Å². The minimum Gasteiger partial charge on any atom is -0.388 e. The van der Waals surface area contributed by atoms with Gasteiger partial charge in [0.1, 0.15) is 18.3 Å². The van der Waals surface area contributed by atoms with Crippen molar-refractivity contribution in [1.82, 2.24) is 0 Å². The zero-order chi connectivity index (χ0) is 10.7. The van der Waals surface area contributed by atoms with E-state index in [-0.39, 0.29) is 6.54 Å². The molecule has 0 aliphatic carbocycles. The van der Waals surface area contributed by atoms with Gasteiger partial charge in [0, 0.05) is 4.91 Å². The molecular formula is C6H11N3O5. The van der Waals surface area contributed by atoms with Crippen molar-refractivity contribution < 1.29 is 25.2 Å². The first-order valence-electron chi connectivity index (χ1n) is 3.96. The van der Waals surface area contributed by atoms with Crippen molar-refractivity contribution in [2.45, 2.75) is 30.7 Å². The van der Waals surface area contributed by atoms with Crippen LogP contribution in [0.1, 0.15) is 0 Å². The molecule has 5 atom stereocenters. The Morgan fingerprint density at radius 2 is 1.79 bits per heavy atom. The van der Waals surface area contributed by atoms with E-state index in [1.807, 2.05) is 0 Å². The zero-order valence-corrected chi connectivity index (χ0v) is 7.13. The summed E-state index contributed by atoms with van der Waals surface area (Å²) in [5, 5.41) is 39.8. The van der Waals surface area contributed by atoms with Crippen LogP contribution in [0.25, 0.3) is 10.4 Å². The van der Waals surface area contributed by atoms with Gasteiger partial charge in [0.05, 0.1) is 12.6 Å². The van der Waals surface area contributed by atoms with Gasteiger partial charge in [-0.05, 0) is 5.53 Å². The highest BCUT2D eigenvalue weighted by Gasteiger charge is 2.42. The van der Waals surface area contributed by atoms with Crippen molar-refractivity contribution in [3.8, 4) is 0 Å². The van der Waals surface area contributed by atoms with Crippen LogP contribution in [0, 0.1) is 0 Å². The lowest BCUT2D eigenvalue weighted by atomic mass is 9.99. The summed E-state index contributed by atoms with van der Waals surface area (Å²) in [5.74, 6) is 0. The predicted molar refractivity (Wildman–Crippen MR) is 42.9 cm³/mol. The molecule has 1 rings (SSSR count). The normalized spacial score (nSPS) is 43.0. The Bertz CT molecular complexity index is 244. The van der Waals surface area contributed by atoms with Crippen LogP contribution in [0.3, 0.4) is 0 Å². The Morgan fingerprint density at radius 1 is 1.14 bits per heavy atom. The van der Waals surface area contributed by atoms with Crippen LogP contribution >= 0.6 is 0 Å². The lowest BCUT2D eigenvalue weighted by molar-refractivity contribution is -0.279. The minimum absolute atomic E-state index is 0.224. The molecule has 0 aromatic heterocycles. The van der Waals surface area contributed by atoms with Gasteiger partial charge in [-0.15, -0.1) is 0 Å². The summed E-state index contributed by atoms with van der Waals surface area (Å²) in [6.07, 6.45) is -7.07. The first-order chi connectivity index (χ1) is 6.57. The fourth-order valence-corrected chi connectivity index (χ4v) is 1.20. The standard InChI is InChI=1S/C6H11N3O5/c7-9-8-1-2-3(10)4(11)5(12)6(13)14-2/h2-6,10-13H,1H2/t2?,3-,4+,5?,6?/m1/s1. The first kappa shape index (κ1) is 11.2. The smallest absolute Gasteiger partial charge is 0.183 e. The summed E-state index contributed by atoms with van der Waals surface area (Å²) >= 11 is 0. The summed E-state index contributed by atoms with van der Waals surface area (Å²) in [4.78, 5) is 2.44. The summed E-state index contributed by atoms with van der Waals surface area (Å²) in [5.41, 5.74) is 8.01. The molecule has 3 unspecified atom stereocenters. The van der Waals surface area contributed by atoms with Gasteiger partial charge in [-0.1, -0.05) is 5.11 Å². The third kappa shape index (κ3) is 2.13. The van der Waals surface area contributed by atoms with E-state index in [2.05, 4.69) is 10.0 Å². The summed E-state index contributed by atoms with van der Waals surface area (Å²) in [7, 11) is 0. The Morgan fingerprint density at radius 3 is 2.36 bits per heavy atom. The SMILES string of the molecule is [N-]=[N+]=NCC1OC(O)C(O)[C@@H](O)[C@@H]1O. The summed E-state index contributed by atoms with van der Waals surface area (Å²) < 4.78 is 4.71. The highest BCUT2D eigenvalue weighted by molar-refractivity contribution is 4.89. The van der Waals surface area contributed by atoms with Crippen LogP contribution < -0.4 is 0 Å². The van der Waals surface area contributed by atoms with Crippen LogP contribution in [-0.4, -0.2) is 57.7 Å². The topological polar surface area (TPSA) is 139 Å².